The lowest BCUT2D eigenvalue weighted by Gasteiger charge is -2.16. The number of nitrogens with zero attached hydrogens (tertiary/aromatic N) is 24. The number of hydrogen-bond donors (Lipinski definition) is 6. The first kappa shape index (κ1) is 97.5. The molecule has 0 amide bonds. The molecule has 135 heavy (non-hydrogen) atoms. The summed E-state index contributed by atoms with van der Waals surface area (Å²) in [4.78, 5) is 53.5. The maximum atomic E-state index is 6.48. The highest BCUT2D eigenvalue weighted by molar-refractivity contribution is 6.36. The van der Waals surface area contributed by atoms with E-state index in [2.05, 4.69) is 242 Å². The Labute approximate surface area is 797 Å². The van der Waals surface area contributed by atoms with Crippen LogP contribution in [0.2, 0.25) is 10.0 Å². The van der Waals surface area contributed by atoms with Crippen molar-refractivity contribution in [1.82, 2.24) is 88.6 Å². The smallest absolute Gasteiger partial charge is 0.154 e. The fourth-order valence-corrected chi connectivity index (χ4v) is 17.5. The number of aromatic nitrogens is 18. The van der Waals surface area contributed by atoms with Crippen molar-refractivity contribution >= 4 is 158 Å². The van der Waals surface area contributed by atoms with Crippen LogP contribution in [0.15, 0.2) is 255 Å². The van der Waals surface area contributed by atoms with Crippen LogP contribution >= 0.6 is 23.2 Å². The second-order valence-corrected chi connectivity index (χ2v) is 33.9. The number of hydrogen-bond acceptors (Lipinski definition) is 24. The van der Waals surface area contributed by atoms with Crippen LogP contribution < -0.4 is 31.9 Å². The molecule has 0 radical (unpaired) electrons. The summed E-state index contributed by atoms with van der Waals surface area (Å²) in [7, 11) is 5.83. The van der Waals surface area contributed by atoms with Gasteiger partial charge in [0.25, 0.3) is 0 Å². The summed E-state index contributed by atoms with van der Waals surface area (Å²) in [5, 5.41) is 54.5. The van der Waals surface area contributed by atoms with Crippen LogP contribution in [0.5, 0.6) is 0 Å². The lowest BCUT2D eigenvalue weighted by atomic mass is 9.93. The second kappa shape index (κ2) is 42.2. The normalized spacial score (nSPS) is 13.6. The minimum absolute atomic E-state index is 0. The van der Waals surface area contributed by atoms with Crippen LogP contribution in [0.3, 0.4) is 0 Å². The van der Waals surface area contributed by atoms with Crippen molar-refractivity contribution < 1.29 is 0 Å². The van der Waals surface area contributed by atoms with Crippen LogP contribution in [0.1, 0.15) is 192 Å². The van der Waals surface area contributed by atoms with Gasteiger partial charge in [-0.2, -0.15) is 30.6 Å². The lowest BCUT2D eigenvalue weighted by molar-refractivity contribution is 0.524. The highest BCUT2D eigenvalue weighted by Gasteiger charge is 2.27. The molecule has 32 heteroatoms. The van der Waals surface area contributed by atoms with E-state index >= 15 is 0 Å². The van der Waals surface area contributed by atoms with Gasteiger partial charge >= 0.3 is 0 Å². The van der Waals surface area contributed by atoms with E-state index in [9.17, 15) is 0 Å². The summed E-state index contributed by atoms with van der Waals surface area (Å²) < 4.78 is 11.5. The van der Waals surface area contributed by atoms with E-state index < -0.39 is 0 Å². The van der Waals surface area contributed by atoms with Gasteiger partial charge in [-0.1, -0.05) is 92.0 Å². The van der Waals surface area contributed by atoms with Gasteiger partial charge in [0.1, 0.15) is 34.3 Å². The molecule has 6 N–H and O–H groups in total. The van der Waals surface area contributed by atoms with E-state index in [1.807, 2.05) is 154 Å². The van der Waals surface area contributed by atoms with Gasteiger partial charge in [-0.25, -0.2) is 4.98 Å². The molecule has 30 nitrogen and oxygen atoms in total. The number of pyridine rings is 4. The number of nitrogens with one attached hydrogen (secondary N) is 6. The fourth-order valence-electron chi connectivity index (χ4n) is 16.8. The number of aliphatic imine (C=N–C) groups is 6. The minimum Gasteiger partial charge on any atom is -0.340 e. The monoisotopic (exact) mass is 1840 g/mol. The molecule has 1 aliphatic carbocycles. The van der Waals surface area contributed by atoms with E-state index in [-0.39, 0.29) is 56.6 Å². The third-order valence-corrected chi connectivity index (χ3v) is 23.7. The second-order valence-electron chi connectivity index (χ2n) is 33.1. The fraction of sp³-hybridized carbons (Fsp3) is 0.282. The Balaban J connectivity index is 0.000000136. The van der Waals surface area contributed by atoms with Gasteiger partial charge in [-0.05, 0) is 207 Å². The summed E-state index contributed by atoms with van der Waals surface area (Å²) in [6, 6.07) is 49.6. The standard InChI is InChI=1S/C18H19N5.C17H16ClN5.C16H15ClN6.C16H18N4.2C15H13N5.6CH4/c1-11(2)23-12(3)15-9-14(6-7-16(15)22-23)21-18-17-13(10-20-18)5-4-8-19-17;1-10(2)23-16-12(9-21-23)6-13(7-14(16)18)22-17-15-11(8-20-17)4-3-5-19-15;1-9(2)23-15-10(7-21-23)5-11(6-12(15)17)22-16-14-13(8-20-16)18-3-4-19-14;1-20-15-7-6-13(8-12(15)10-18-20)19-16-14-5-3-2-4-11(14)9-17-16;1-20-9-11-7-12(4-5-13(11)19-20)18-15-14-10(8-17-15)3-2-6-16-14;1-20-13-5-4-12(7-11(13)9-18-20)19-15-14-10(8-17-15)3-2-6-16-14;;;;;;/h4-9,11H,10H2,1-3H3,(H,20,21);3-7,9-10H,8H2,1-2H3,(H,20,22);3-7,9H,8H2,1-2H3,(H,20,22);6-8,10H,2-5,9H2,1H3,(H,17,19);2-7,9H,8H2,1H3,(H,17,18);2-7,9H,8H2,1H3,(H,17,19);6*1H4. The zero-order valence-electron chi connectivity index (χ0n) is 73.0. The molecule has 0 fully saturated rings. The molecule has 0 saturated heterocycles. The van der Waals surface area contributed by atoms with Gasteiger partial charge in [0.15, 0.2) is 29.2 Å². The Bertz CT molecular complexity index is 7200. The van der Waals surface area contributed by atoms with Crippen molar-refractivity contribution in [2.24, 2.45) is 51.1 Å². The molecule has 17 aromatic rings. The number of rotatable bonds is 9. The highest BCUT2D eigenvalue weighted by Crippen LogP contribution is 2.36. The molecule has 0 atom stereocenters. The number of fused-ring (bicyclic) bond motifs is 11. The van der Waals surface area contributed by atoms with Gasteiger partial charge in [0.2, 0.25) is 0 Å². The van der Waals surface area contributed by atoms with E-state index in [1.165, 1.54) is 47.9 Å². The molecule has 0 bridgehead atoms. The SMILES string of the molecule is C.C.C.C.C.C.CC(C)n1ncc2cc(NC3=NCc4cccnc43)cc(Cl)c21.CC(C)n1ncc2cc(NC3=NCc4nccnc43)cc(Cl)c21.Cc1c2cc(NC3=NCc4cccnc43)ccc2nn1C(C)C.Cn1cc2cc(NC3=NCc4cccnc43)ccc2n1.Cn1ncc2cc(NC3=NCC4=C3CCCC4)ccc21.Cn1ncc2cc(NC3=NCc4cccnc43)ccc21. The van der Waals surface area contributed by atoms with Crippen molar-refractivity contribution in [3.05, 3.63) is 297 Å². The summed E-state index contributed by atoms with van der Waals surface area (Å²) in [6.45, 7) is 18.9. The summed E-state index contributed by atoms with van der Waals surface area (Å²) in [6.07, 6.45) is 25.0. The number of anilines is 6. The Morgan fingerprint density at radius 2 is 0.719 bits per heavy atom. The van der Waals surface area contributed by atoms with Gasteiger partial charge in [-0.15, -0.1) is 0 Å². The van der Waals surface area contributed by atoms with E-state index in [0.29, 0.717) is 48.8 Å². The lowest BCUT2D eigenvalue weighted by Crippen LogP contribution is -2.14. The van der Waals surface area contributed by atoms with Crippen LogP contribution in [0, 0.1) is 6.92 Å². The molecule has 0 unspecified atom stereocenters. The van der Waals surface area contributed by atoms with E-state index in [4.69, 9.17) is 23.2 Å². The number of amidine groups is 6. The van der Waals surface area contributed by atoms with Gasteiger partial charge in [0.05, 0.1) is 113 Å². The van der Waals surface area contributed by atoms with Crippen LogP contribution in [0.25, 0.3) is 65.4 Å². The van der Waals surface area contributed by atoms with Crippen molar-refractivity contribution in [3.8, 4) is 0 Å². The number of halogens is 2. The molecule has 11 aromatic heterocycles. The zero-order valence-corrected chi connectivity index (χ0v) is 74.5. The average Bonchev–Trinajstić information content (AvgIpc) is 1.64. The topological polar surface area (TPSA) is 331 Å². The third-order valence-electron chi connectivity index (χ3n) is 23.2. The first-order valence-electron chi connectivity index (χ1n) is 43.1. The molecule has 17 heterocycles. The molecule has 6 aromatic carbocycles. The Kier molecular flexibility index (Phi) is 30.5. The first-order valence-corrected chi connectivity index (χ1v) is 43.8. The summed E-state index contributed by atoms with van der Waals surface area (Å²) in [5.41, 5.74) is 26.3. The van der Waals surface area contributed by atoms with Gasteiger partial charge < -0.3 is 31.9 Å². The quantitative estimate of drug-likeness (QED) is 0.0782. The van der Waals surface area contributed by atoms with Crippen LogP contribution in [-0.2, 0) is 53.9 Å². The van der Waals surface area contributed by atoms with Crippen molar-refractivity contribution in [1.29, 1.82) is 0 Å². The predicted molar refractivity (Wildman–Crippen MR) is 557 cm³/mol. The van der Waals surface area contributed by atoms with E-state index in [0.717, 1.165) is 187 Å². The number of benzene rings is 6. The first-order chi connectivity index (χ1) is 62.8. The molecular weight excluding hydrogens is 1730 g/mol. The molecule has 6 aliphatic heterocycles. The van der Waals surface area contributed by atoms with Crippen LogP contribution in [-0.4, -0.2) is 130 Å². The minimum atomic E-state index is 0. The predicted octanol–water partition coefficient (Wildman–Crippen LogP) is 22.9. The van der Waals surface area contributed by atoms with Crippen molar-refractivity contribution in [2.75, 3.05) is 38.4 Å². The Hall–Kier alpha value is -15.0. The van der Waals surface area contributed by atoms with Crippen molar-refractivity contribution in [2.45, 2.75) is 170 Å². The largest absolute Gasteiger partial charge is 0.340 e. The van der Waals surface area contributed by atoms with Crippen molar-refractivity contribution in [3.63, 3.8) is 0 Å². The highest BCUT2D eigenvalue weighted by atomic mass is 35.5. The van der Waals surface area contributed by atoms with Crippen LogP contribution in [0.4, 0.5) is 34.1 Å². The summed E-state index contributed by atoms with van der Waals surface area (Å²) in [5.74, 6) is 5.11. The molecule has 0 spiro atoms. The maximum absolute atomic E-state index is 6.48. The average molecular weight is 1850 g/mol. The Morgan fingerprint density at radius 3 is 1.19 bits per heavy atom. The zero-order chi connectivity index (χ0) is 88.5. The molecule has 694 valence electrons. The van der Waals surface area contributed by atoms with Gasteiger partial charge in [0, 0.05) is 177 Å². The molecular formula is C103H118Cl2N30. The third kappa shape index (κ3) is 20.6. The van der Waals surface area contributed by atoms with E-state index in [1.54, 1.807) is 42.8 Å². The molecule has 24 rings (SSSR count). The maximum Gasteiger partial charge on any atom is 0.154 e. The summed E-state index contributed by atoms with van der Waals surface area (Å²) >= 11 is 13.0. The molecule has 7 aliphatic rings. The molecule has 0 saturated carbocycles. The Morgan fingerprint density at radius 1 is 0.341 bits per heavy atom. The number of aryl methyl sites for hydroxylation is 4. The van der Waals surface area contributed by atoms with Gasteiger partial charge in [-0.3, -0.25) is 83.0 Å².